The van der Waals surface area contributed by atoms with E-state index in [-0.39, 0.29) is 17.4 Å². The van der Waals surface area contributed by atoms with Crippen molar-refractivity contribution in [2.75, 3.05) is 7.05 Å². The average molecular weight is 311 g/mol. The highest BCUT2D eigenvalue weighted by Crippen LogP contribution is 2.18. The van der Waals surface area contributed by atoms with Crippen LogP contribution in [0.2, 0.25) is 0 Å². The van der Waals surface area contributed by atoms with Crippen LogP contribution in [0.15, 0.2) is 39.5 Å². The molecule has 0 spiro atoms. The van der Waals surface area contributed by atoms with Crippen molar-refractivity contribution in [3.05, 3.63) is 46.6 Å². The third-order valence-corrected chi connectivity index (χ3v) is 2.78. The summed E-state index contributed by atoms with van der Waals surface area (Å²) in [7, 11) is 1.62. The second-order valence-electron chi connectivity index (χ2n) is 3.74. The van der Waals surface area contributed by atoms with Crippen LogP contribution in [0.5, 0.6) is 5.75 Å². The number of aromatic nitrogens is 1. The fourth-order valence-electron chi connectivity index (χ4n) is 1.48. The van der Waals surface area contributed by atoms with Gasteiger partial charge in [-0.3, -0.25) is 4.79 Å². The Morgan fingerprint density at radius 1 is 1.50 bits per heavy atom. The minimum atomic E-state index is -0.361. The van der Waals surface area contributed by atoms with Gasteiger partial charge in [-0.05, 0) is 40.2 Å². The van der Waals surface area contributed by atoms with E-state index in [4.69, 9.17) is 4.42 Å². The van der Waals surface area contributed by atoms with Crippen LogP contribution in [-0.4, -0.2) is 27.9 Å². The van der Waals surface area contributed by atoms with Crippen LogP contribution < -0.4 is 0 Å². The summed E-state index contributed by atoms with van der Waals surface area (Å²) in [6.45, 7) is 0.306. The summed E-state index contributed by atoms with van der Waals surface area (Å²) >= 11 is 3.19. The van der Waals surface area contributed by atoms with E-state index in [1.165, 1.54) is 17.2 Å². The zero-order chi connectivity index (χ0) is 13.1. The van der Waals surface area contributed by atoms with Crippen LogP contribution in [-0.2, 0) is 6.54 Å². The highest BCUT2D eigenvalue weighted by molar-refractivity contribution is 9.10. The van der Waals surface area contributed by atoms with Gasteiger partial charge in [0.1, 0.15) is 11.5 Å². The molecule has 1 amide bonds. The number of hydrogen-bond donors (Lipinski definition) is 1. The molecule has 0 aliphatic heterocycles. The first-order chi connectivity index (χ1) is 8.58. The Hall–Kier alpha value is -1.82. The summed E-state index contributed by atoms with van der Waals surface area (Å²) in [5.74, 6) is 0.156. The molecule has 2 heterocycles. The Balaban J connectivity index is 2.12. The summed E-state index contributed by atoms with van der Waals surface area (Å²) in [6, 6.07) is 6.52. The van der Waals surface area contributed by atoms with Gasteiger partial charge < -0.3 is 14.4 Å². The van der Waals surface area contributed by atoms with Crippen LogP contribution in [0.3, 0.4) is 0 Å². The number of carbonyl (C=O) groups is 1. The van der Waals surface area contributed by atoms with Crippen molar-refractivity contribution >= 4 is 21.8 Å². The molecule has 94 valence electrons. The predicted molar refractivity (Wildman–Crippen MR) is 68.1 cm³/mol. The molecule has 0 aromatic carbocycles. The average Bonchev–Trinajstić information content (AvgIpc) is 2.74. The van der Waals surface area contributed by atoms with Gasteiger partial charge in [-0.25, -0.2) is 4.98 Å². The lowest BCUT2D eigenvalue weighted by molar-refractivity contribution is 0.0766. The Kier molecular flexibility index (Phi) is 3.66. The summed E-state index contributed by atoms with van der Waals surface area (Å²) in [5, 5.41) is 9.56. The maximum absolute atomic E-state index is 12.0. The Bertz CT molecular complexity index is 568. The van der Waals surface area contributed by atoms with E-state index in [1.807, 2.05) is 0 Å². The molecule has 2 rings (SSSR count). The van der Waals surface area contributed by atoms with Gasteiger partial charge in [0.15, 0.2) is 10.4 Å². The van der Waals surface area contributed by atoms with E-state index in [9.17, 15) is 9.90 Å². The molecule has 0 atom stereocenters. The molecule has 2 aromatic rings. The predicted octanol–water partition coefficient (Wildman–Crippen LogP) is 2.41. The van der Waals surface area contributed by atoms with Gasteiger partial charge in [-0.1, -0.05) is 0 Å². The zero-order valence-electron chi connectivity index (χ0n) is 9.63. The van der Waals surface area contributed by atoms with Crippen molar-refractivity contribution < 1.29 is 14.3 Å². The third kappa shape index (κ3) is 2.70. The van der Waals surface area contributed by atoms with Crippen molar-refractivity contribution in [2.24, 2.45) is 0 Å². The molecule has 0 radical (unpaired) electrons. The topological polar surface area (TPSA) is 66.6 Å². The number of rotatable bonds is 3. The smallest absolute Gasteiger partial charge is 0.276 e. The van der Waals surface area contributed by atoms with Crippen LogP contribution in [0.4, 0.5) is 0 Å². The number of nitrogens with zero attached hydrogens (tertiary/aromatic N) is 2. The molecule has 6 heteroatoms. The number of aromatic hydroxyl groups is 1. The van der Waals surface area contributed by atoms with Crippen LogP contribution >= 0.6 is 15.9 Å². The van der Waals surface area contributed by atoms with E-state index in [1.54, 1.807) is 25.2 Å². The molecule has 1 N–H and O–H groups in total. The van der Waals surface area contributed by atoms with E-state index < -0.39 is 0 Å². The molecule has 0 unspecified atom stereocenters. The van der Waals surface area contributed by atoms with E-state index in [0.29, 0.717) is 17.0 Å². The molecule has 0 aliphatic carbocycles. The minimum Gasteiger partial charge on any atom is -0.505 e. The molecular formula is C12H11BrN2O3. The molecular weight excluding hydrogens is 300 g/mol. The largest absolute Gasteiger partial charge is 0.505 e. The van der Waals surface area contributed by atoms with E-state index >= 15 is 0 Å². The maximum Gasteiger partial charge on any atom is 0.276 e. The number of furan rings is 1. The number of amides is 1. The summed E-state index contributed by atoms with van der Waals surface area (Å²) in [5.41, 5.74) is 0.0330. The highest BCUT2D eigenvalue weighted by Gasteiger charge is 2.18. The second kappa shape index (κ2) is 5.22. The monoisotopic (exact) mass is 310 g/mol. The Morgan fingerprint density at radius 2 is 2.28 bits per heavy atom. The van der Waals surface area contributed by atoms with Crippen molar-refractivity contribution in [3.8, 4) is 5.75 Å². The molecule has 5 nitrogen and oxygen atoms in total. The fourth-order valence-corrected chi connectivity index (χ4v) is 1.82. The minimum absolute atomic E-state index is 0.0330. The SMILES string of the molecule is CN(Cc1ccc(Br)o1)C(=O)c1ncccc1O. The van der Waals surface area contributed by atoms with E-state index in [2.05, 4.69) is 20.9 Å². The first kappa shape index (κ1) is 12.6. The quantitative estimate of drug-likeness (QED) is 0.945. The molecule has 18 heavy (non-hydrogen) atoms. The number of halogens is 1. The van der Waals surface area contributed by atoms with Gasteiger partial charge >= 0.3 is 0 Å². The van der Waals surface area contributed by atoms with Crippen LogP contribution in [0.1, 0.15) is 16.2 Å². The Labute approximate surface area is 112 Å². The van der Waals surface area contributed by atoms with Gasteiger partial charge in [-0.15, -0.1) is 0 Å². The standard InChI is InChI=1S/C12H11BrN2O3/c1-15(7-8-4-5-10(13)18-8)12(17)11-9(16)3-2-6-14-11/h2-6,16H,7H2,1H3. The lowest BCUT2D eigenvalue weighted by Gasteiger charge is -2.15. The third-order valence-electron chi connectivity index (χ3n) is 2.36. The van der Waals surface area contributed by atoms with Crippen LogP contribution in [0.25, 0.3) is 0 Å². The van der Waals surface area contributed by atoms with Gasteiger partial charge in [0.2, 0.25) is 0 Å². The molecule has 0 fully saturated rings. The normalized spacial score (nSPS) is 10.3. The van der Waals surface area contributed by atoms with Gasteiger partial charge in [0.25, 0.3) is 5.91 Å². The molecule has 2 aromatic heterocycles. The zero-order valence-corrected chi connectivity index (χ0v) is 11.2. The lowest BCUT2D eigenvalue weighted by Crippen LogP contribution is -2.26. The van der Waals surface area contributed by atoms with Gasteiger partial charge in [0, 0.05) is 13.2 Å². The Morgan fingerprint density at radius 3 is 2.89 bits per heavy atom. The van der Waals surface area contributed by atoms with Crippen molar-refractivity contribution in [3.63, 3.8) is 0 Å². The molecule has 0 saturated heterocycles. The van der Waals surface area contributed by atoms with Crippen LogP contribution in [0, 0.1) is 0 Å². The van der Waals surface area contributed by atoms with Crippen molar-refractivity contribution in [1.82, 2.24) is 9.88 Å². The maximum atomic E-state index is 12.0. The van der Waals surface area contributed by atoms with Crippen molar-refractivity contribution in [2.45, 2.75) is 6.54 Å². The highest BCUT2D eigenvalue weighted by atomic mass is 79.9. The van der Waals surface area contributed by atoms with Crippen molar-refractivity contribution in [1.29, 1.82) is 0 Å². The van der Waals surface area contributed by atoms with Gasteiger partial charge in [-0.2, -0.15) is 0 Å². The molecule has 0 aliphatic rings. The van der Waals surface area contributed by atoms with Gasteiger partial charge in [0.05, 0.1) is 6.54 Å². The number of hydrogen-bond acceptors (Lipinski definition) is 4. The number of pyridine rings is 1. The number of carbonyl (C=O) groups excluding carboxylic acids is 1. The van der Waals surface area contributed by atoms with E-state index in [0.717, 1.165) is 0 Å². The molecule has 0 bridgehead atoms. The first-order valence-corrected chi connectivity index (χ1v) is 6.01. The summed E-state index contributed by atoms with van der Waals surface area (Å²) in [6.07, 6.45) is 1.46. The lowest BCUT2D eigenvalue weighted by atomic mass is 10.3. The summed E-state index contributed by atoms with van der Waals surface area (Å²) in [4.78, 5) is 17.3. The summed E-state index contributed by atoms with van der Waals surface area (Å²) < 4.78 is 5.92. The molecule has 0 saturated carbocycles. The fraction of sp³-hybridized carbons (Fsp3) is 0.167. The second-order valence-corrected chi connectivity index (χ2v) is 4.52. The first-order valence-electron chi connectivity index (χ1n) is 5.21.